The summed E-state index contributed by atoms with van der Waals surface area (Å²) >= 11 is 5.98. The molecule has 4 aromatic rings. The van der Waals surface area contributed by atoms with Crippen LogP contribution in [-0.2, 0) is 22.7 Å². The number of hydrogen-bond acceptors (Lipinski definition) is 5. The summed E-state index contributed by atoms with van der Waals surface area (Å²) in [5.41, 5.74) is 1.36. The quantitative estimate of drug-likeness (QED) is 0.335. The number of halogens is 4. The van der Waals surface area contributed by atoms with Gasteiger partial charge in [-0.2, -0.15) is 4.80 Å². The van der Waals surface area contributed by atoms with Crippen molar-refractivity contribution in [1.82, 2.24) is 25.5 Å². The summed E-state index contributed by atoms with van der Waals surface area (Å²) in [5, 5.41) is 14.5. The molecule has 3 aromatic carbocycles. The fourth-order valence-electron chi connectivity index (χ4n) is 3.75. The Hall–Kier alpha value is -4.25. The molecular formula is C26H22ClF3N6O2. The summed E-state index contributed by atoms with van der Waals surface area (Å²) in [6.45, 7) is 1.42. The number of carbonyl (C=O) groups excluding carboxylic acids is 2. The molecule has 0 aliphatic rings. The predicted octanol–water partition coefficient (Wildman–Crippen LogP) is 4.54. The molecule has 1 unspecified atom stereocenters. The van der Waals surface area contributed by atoms with Gasteiger partial charge in [-0.15, -0.1) is 10.2 Å². The number of carbonyl (C=O) groups is 2. The van der Waals surface area contributed by atoms with Crippen molar-refractivity contribution in [3.8, 4) is 11.4 Å². The number of benzene rings is 3. The number of hydrogen-bond donors (Lipinski definition) is 1. The van der Waals surface area contributed by atoms with Crippen LogP contribution in [0.4, 0.5) is 18.9 Å². The highest BCUT2D eigenvalue weighted by Crippen LogP contribution is 2.26. The summed E-state index contributed by atoms with van der Waals surface area (Å²) < 4.78 is 40.3. The Morgan fingerprint density at radius 2 is 1.66 bits per heavy atom. The van der Waals surface area contributed by atoms with E-state index in [4.69, 9.17) is 11.6 Å². The van der Waals surface area contributed by atoms with Crippen molar-refractivity contribution in [2.45, 2.75) is 32.5 Å². The smallest absolute Gasteiger partial charge is 0.251 e. The summed E-state index contributed by atoms with van der Waals surface area (Å²) in [5.74, 6) is -2.39. The molecule has 0 aliphatic carbocycles. The highest BCUT2D eigenvalue weighted by Gasteiger charge is 2.31. The van der Waals surface area contributed by atoms with E-state index in [1.807, 2.05) is 0 Å². The van der Waals surface area contributed by atoms with E-state index in [0.29, 0.717) is 11.1 Å². The number of tetrazole rings is 1. The van der Waals surface area contributed by atoms with Crippen molar-refractivity contribution in [2.24, 2.45) is 0 Å². The molecule has 0 bridgehead atoms. The fourth-order valence-corrected chi connectivity index (χ4v) is 3.92. The molecule has 0 radical (unpaired) electrons. The first kappa shape index (κ1) is 26.8. The van der Waals surface area contributed by atoms with Gasteiger partial charge in [-0.05, 0) is 71.8 Å². The minimum absolute atomic E-state index is 0.105. The largest absolute Gasteiger partial charge is 0.350 e. The third-order valence-corrected chi connectivity index (χ3v) is 5.95. The van der Waals surface area contributed by atoms with E-state index in [9.17, 15) is 22.8 Å². The molecule has 38 heavy (non-hydrogen) atoms. The van der Waals surface area contributed by atoms with Gasteiger partial charge in [0.25, 0.3) is 5.91 Å². The molecule has 1 heterocycles. The zero-order chi connectivity index (χ0) is 27.2. The second-order valence-corrected chi connectivity index (χ2v) is 8.69. The van der Waals surface area contributed by atoms with E-state index >= 15 is 0 Å². The van der Waals surface area contributed by atoms with Gasteiger partial charge in [0.2, 0.25) is 11.7 Å². The molecule has 8 nitrogen and oxygen atoms in total. The van der Waals surface area contributed by atoms with Crippen molar-refractivity contribution in [1.29, 1.82) is 0 Å². The van der Waals surface area contributed by atoms with Crippen LogP contribution in [0.5, 0.6) is 0 Å². The zero-order valence-corrected chi connectivity index (χ0v) is 20.9. The average Bonchev–Trinajstić information content (AvgIpc) is 3.37. The Balaban J connectivity index is 1.58. The highest BCUT2D eigenvalue weighted by atomic mass is 35.5. The molecule has 1 aromatic heterocycles. The topological polar surface area (TPSA) is 93.0 Å². The van der Waals surface area contributed by atoms with E-state index in [-0.39, 0.29) is 29.5 Å². The van der Waals surface area contributed by atoms with Crippen LogP contribution < -0.4 is 10.2 Å². The zero-order valence-electron chi connectivity index (χ0n) is 20.1. The summed E-state index contributed by atoms with van der Waals surface area (Å²) in [4.78, 5) is 28.9. The molecule has 0 saturated heterocycles. The molecule has 2 amide bonds. The van der Waals surface area contributed by atoms with Gasteiger partial charge >= 0.3 is 0 Å². The lowest BCUT2D eigenvalue weighted by Crippen LogP contribution is -2.50. The Bertz CT molecular complexity index is 1430. The first-order valence-electron chi connectivity index (χ1n) is 11.6. The summed E-state index contributed by atoms with van der Waals surface area (Å²) in [7, 11) is 0. The lowest BCUT2D eigenvalue weighted by molar-refractivity contribution is -0.127. The van der Waals surface area contributed by atoms with Crippen molar-refractivity contribution in [2.75, 3.05) is 4.90 Å². The molecule has 1 atom stereocenters. The standard InChI is InChI=1S/C26H22ClF3N6O2/c1-2-23(26(38)31-14-16-3-7-18(28)8-4-16)36(20-11-12-22(30)21(27)13-20)24(37)15-35-33-25(32-34-35)17-5-9-19(29)10-6-17/h3-13,23H,2,14-15H2,1H3,(H,31,38). The number of rotatable bonds is 9. The van der Waals surface area contributed by atoms with Crippen molar-refractivity contribution < 1.29 is 22.8 Å². The van der Waals surface area contributed by atoms with Gasteiger partial charge in [0.1, 0.15) is 30.0 Å². The number of nitrogens with one attached hydrogen (secondary N) is 1. The minimum atomic E-state index is -0.996. The van der Waals surface area contributed by atoms with Crippen LogP contribution in [0.15, 0.2) is 66.7 Å². The van der Waals surface area contributed by atoms with Gasteiger partial charge in [0, 0.05) is 17.8 Å². The van der Waals surface area contributed by atoms with Crippen LogP contribution in [0.2, 0.25) is 5.02 Å². The van der Waals surface area contributed by atoms with Crippen LogP contribution >= 0.6 is 11.6 Å². The summed E-state index contributed by atoms with van der Waals surface area (Å²) in [6, 6.07) is 13.8. The lowest BCUT2D eigenvalue weighted by atomic mass is 10.1. The van der Waals surface area contributed by atoms with Crippen LogP contribution in [0, 0.1) is 17.5 Å². The SMILES string of the molecule is CCC(C(=O)NCc1ccc(F)cc1)N(C(=O)Cn1nnc(-c2ccc(F)cc2)n1)c1ccc(F)c(Cl)c1. The maximum absolute atomic E-state index is 13.9. The average molecular weight is 543 g/mol. The number of aromatic nitrogens is 4. The second kappa shape index (κ2) is 11.9. The Labute approximate surface area is 221 Å². The van der Waals surface area contributed by atoms with Crippen molar-refractivity contribution in [3.05, 3.63) is 94.8 Å². The molecule has 0 spiro atoms. The summed E-state index contributed by atoms with van der Waals surface area (Å²) in [6.07, 6.45) is 0.210. The fraction of sp³-hybridized carbons (Fsp3) is 0.192. The third-order valence-electron chi connectivity index (χ3n) is 5.66. The minimum Gasteiger partial charge on any atom is -0.350 e. The van der Waals surface area contributed by atoms with E-state index in [1.165, 1.54) is 65.6 Å². The normalized spacial score (nSPS) is 11.7. The van der Waals surface area contributed by atoms with E-state index in [0.717, 1.165) is 10.9 Å². The van der Waals surface area contributed by atoms with Crippen LogP contribution in [0.1, 0.15) is 18.9 Å². The lowest BCUT2D eigenvalue weighted by Gasteiger charge is -2.30. The van der Waals surface area contributed by atoms with Crippen molar-refractivity contribution in [3.63, 3.8) is 0 Å². The maximum Gasteiger partial charge on any atom is 0.251 e. The van der Waals surface area contributed by atoms with Crippen LogP contribution in [0.25, 0.3) is 11.4 Å². The Morgan fingerprint density at radius 3 is 2.29 bits per heavy atom. The van der Waals surface area contributed by atoms with Gasteiger partial charge in [0.15, 0.2) is 0 Å². The molecule has 4 rings (SSSR count). The molecule has 0 aliphatic heterocycles. The number of nitrogens with zero attached hydrogens (tertiary/aromatic N) is 5. The molecule has 12 heteroatoms. The maximum atomic E-state index is 13.9. The first-order chi connectivity index (χ1) is 18.2. The van der Waals surface area contributed by atoms with Crippen molar-refractivity contribution >= 4 is 29.1 Å². The molecule has 1 N–H and O–H groups in total. The second-order valence-electron chi connectivity index (χ2n) is 8.28. The molecule has 0 saturated carbocycles. The van der Waals surface area contributed by atoms with Gasteiger partial charge in [-0.3, -0.25) is 14.5 Å². The number of anilines is 1. The third kappa shape index (κ3) is 6.35. The van der Waals surface area contributed by atoms with Gasteiger partial charge in [-0.1, -0.05) is 30.7 Å². The van der Waals surface area contributed by atoms with E-state index in [1.54, 1.807) is 6.92 Å². The molecular weight excluding hydrogens is 521 g/mol. The van der Waals surface area contributed by atoms with Gasteiger partial charge in [-0.25, -0.2) is 13.2 Å². The highest BCUT2D eigenvalue weighted by molar-refractivity contribution is 6.31. The van der Waals surface area contributed by atoms with E-state index < -0.39 is 41.9 Å². The number of amides is 2. The van der Waals surface area contributed by atoms with E-state index in [2.05, 4.69) is 20.7 Å². The first-order valence-corrected chi connectivity index (χ1v) is 12.0. The Kier molecular flexibility index (Phi) is 8.37. The monoisotopic (exact) mass is 542 g/mol. The predicted molar refractivity (Wildman–Crippen MR) is 134 cm³/mol. The van der Waals surface area contributed by atoms with Crippen LogP contribution in [0.3, 0.4) is 0 Å². The van der Waals surface area contributed by atoms with Gasteiger partial charge < -0.3 is 5.32 Å². The van der Waals surface area contributed by atoms with Gasteiger partial charge in [0.05, 0.1) is 5.02 Å². The molecule has 0 fully saturated rings. The van der Waals surface area contributed by atoms with Crippen LogP contribution in [-0.4, -0.2) is 38.1 Å². The Morgan fingerprint density at radius 1 is 1.00 bits per heavy atom. The molecule has 196 valence electrons.